The summed E-state index contributed by atoms with van der Waals surface area (Å²) in [7, 11) is -3.08. The number of thioether (sulfide) groups is 1. The molecule has 5 nitrogen and oxygen atoms in total. The number of halogens is 2. The molecule has 0 aromatic heterocycles. The molecular weight excluding hydrogens is 531 g/mol. The quantitative estimate of drug-likeness (QED) is 0.548. The first-order valence-electron chi connectivity index (χ1n) is 8.58. The fraction of sp³-hybridized carbons (Fsp3) is 0.263. The van der Waals surface area contributed by atoms with Crippen LogP contribution in [0.5, 0.6) is 0 Å². The molecule has 146 valence electrons. The van der Waals surface area contributed by atoms with Crippen molar-refractivity contribution in [3.8, 4) is 0 Å². The van der Waals surface area contributed by atoms with Crippen molar-refractivity contribution >= 4 is 72.6 Å². The number of sulfone groups is 1. The van der Waals surface area contributed by atoms with Gasteiger partial charge in [0.2, 0.25) is 0 Å². The number of amidine groups is 1. The first-order valence-corrected chi connectivity index (χ1v) is 12.7. The van der Waals surface area contributed by atoms with Crippen LogP contribution in [-0.4, -0.2) is 42.3 Å². The van der Waals surface area contributed by atoms with E-state index in [9.17, 15) is 13.2 Å². The molecule has 0 spiro atoms. The number of hydrogen-bond acceptors (Lipinski definition) is 4. The van der Waals surface area contributed by atoms with Crippen molar-refractivity contribution in [1.29, 1.82) is 0 Å². The van der Waals surface area contributed by atoms with Crippen LogP contribution in [0.4, 0.5) is 5.69 Å². The van der Waals surface area contributed by atoms with Gasteiger partial charge in [0.1, 0.15) is 0 Å². The minimum Gasteiger partial charge on any atom is -0.316 e. The molecule has 0 radical (unpaired) electrons. The van der Waals surface area contributed by atoms with E-state index in [4.69, 9.17) is 11.6 Å². The molecular formula is C19H16ClIN2O3S2. The lowest BCUT2D eigenvalue weighted by molar-refractivity contribution is -0.117. The van der Waals surface area contributed by atoms with Crippen LogP contribution < -0.4 is 4.90 Å². The van der Waals surface area contributed by atoms with Crippen LogP contribution in [0, 0.1) is 3.57 Å². The highest BCUT2D eigenvalue weighted by atomic mass is 127. The van der Waals surface area contributed by atoms with Gasteiger partial charge in [-0.25, -0.2) is 8.42 Å². The highest BCUT2D eigenvalue weighted by molar-refractivity contribution is 14.1. The fourth-order valence-corrected chi connectivity index (χ4v) is 8.00. The molecule has 2 unspecified atom stereocenters. The van der Waals surface area contributed by atoms with Gasteiger partial charge in [-0.05, 0) is 58.5 Å². The van der Waals surface area contributed by atoms with Crippen LogP contribution in [0.15, 0.2) is 53.5 Å². The van der Waals surface area contributed by atoms with Crippen molar-refractivity contribution in [2.75, 3.05) is 16.4 Å². The van der Waals surface area contributed by atoms with Gasteiger partial charge in [0, 0.05) is 19.5 Å². The Morgan fingerprint density at radius 1 is 1.21 bits per heavy atom. The van der Waals surface area contributed by atoms with E-state index in [2.05, 4.69) is 27.6 Å². The number of carbonyl (C=O) groups excluding carboxylic acids is 1. The third-order valence-corrected chi connectivity index (χ3v) is 8.77. The zero-order valence-corrected chi connectivity index (χ0v) is 19.1. The van der Waals surface area contributed by atoms with Gasteiger partial charge >= 0.3 is 0 Å². The van der Waals surface area contributed by atoms with Gasteiger partial charge < -0.3 is 4.90 Å². The van der Waals surface area contributed by atoms with Crippen LogP contribution in [-0.2, 0) is 21.1 Å². The maximum Gasteiger partial charge on any atom is 0.252 e. The molecule has 0 saturated carbocycles. The summed E-state index contributed by atoms with van der Waals surface area (Å²) >= 11 is 9.50. The summed E-state index contributed by atoms with van der Waals surface area (Å²) in [5, 5.41) is 1.09. The summed E-state index contributed by atoms with van der Waals surface area (Å²) in [6.45, 7) is 0. The molecule has 2 aliphatic heterocycles. The van der Waals surface area contributed by atoms with Gasteiger partial charge in [0.25, 0.3) is 5.91 Å². The zero-order chi connectivity index (χ0) is 19.9. The molecule has 1 amide bonds. The van der Waals surface area contributed by atoms with Gasteiger partial charge in [-0.15, -0.1) is 0 Å². The third kappa shape index (κ3) is 4.39. The second-order valence-electron chi connectivity index (χ2n) is 6.74. The number of benzene rings is 2. The Balaban J connectivity index is 1.63. The van der Waals surface area contributed by atoms with Crippen molar-refractivity contribution in [1.82, 2.24) is 0 Å². The Morgan fingerprint density at radius 2 is 1.96 bits per heavy atom. The number of aliphatic imine (C=N–C) groups is 1. The summed E-state index contributed by atoms with van der Waals surface area (Å²) in [5.74, 6) is -0.0588. The third-order valence-electron chi connectivity index (χ3n) is 4.64. The molecule has 2 atom stereocenters. The molecule has 4 rings (SSSR count). The molecule has 0 bridgehead atoms. The van der Waals surface area contributed by atoms with Gasteiger partial charge in [0.05, 0.1) is 24.0 Å². The van der Waals surface area contributed by atoms with Crippen molar-refractivity contribution in [2.45, 2.75) is 17.7 Å². The van der Waals surface area contributed by atoms with Crippen molar-refractivity contribution in [3.05, 3.63) is 62.7 Å². The maximum atomic E-state index is 12.6. The lowest BCUT2D eigenvalue weighted by Gasteiger charge is -2.24. The molecule has 9 heteroatoms. The van der Waals surface area contributed by atoms with E-state index in [1.807, 2.05) is 29.2 Å². The van der Waals surface area contributed by atoms with Crippen LogP contribution in [0.1, 0.15) is 5.56 Å². The lowest BCUT2D eigenvalue weighted by atomic mass is 10.1. The first kappa shape index (κ1) is 20.2. The van der Waals surface area contributed by atoms with E-state index in [-0.39, 0.29) is 35.1 Å². The van der Waals surface area contributed by atoms with E-state index in [0.717, 1.165) is 14.8 Å². The summed E-state index contributed by atoms with van der Waals surface area (Å²) in [6, 6.07) is 14.7. The average molecular weight is 547 g/mol. The van der Waals surface area contributed by atoms with Crippen LogP contribution in [0.3, 0.4) is 0 Å². The normalized spacial score (nSPS) is 24.5. The molecule has 0 aliphatic carbocycles. The molecule has 0 N–H and O–H groups in total. The minimum atomic E-state index is -3.08. The smallest absolute Gasteiger partial charge is 0.252 e. The summed E-state index contributed by atoms with van der Waals surface area (Å²) in [6.07, 6.45) is 0.176. The topological polar surface area (TPSA) is 66.8 Å². The number of nitrogens with zero attached hydrogens (tertiary/aromatic N) is 2. The number of anilines is 1. The zero-order valence-electron chi connectivity index (χ0n) is 14.6. The number of hydrogen-bond donors (Lipinski definition) is 0. The summed E-state index contributed by atoms with van der Waals surface area (Å²) in [5.41, 5.74) is 1.70. The monoisotopic (exact) mass is 546 g/mol. The SMILES string of the molecule is O=C(Cc1ccc(Cl)cc1)N=C1SC2CS(=O)(=O)CC2N1c1cccc(I)c1. The Bertz CT molecular complexity index is 1060. The van der Waals surface area contributed by atoms with Crippen LogP contribution >= 0.6 is 46.0 Å². The van der Waals surface area contributed by atoms with Gasteiger partial charge in [0.15, 0.2) is 15.0 Å². The Labute approximate surface area is 186 Å². The first-order chi connectivity index (χ1) is 13.3. The molecule has 2 fully saturated rings. The van der Waals surface area contributed by atoms with Gasteiger partial charge in [-0.3, -0.25) is 4.79 Å². The van der Waals surface area contributed by atoms with E-state index < -0.39 is 9.84 Å². The molecule has 2 saturated heterocycles. The average Bonchev–Trinajstić information content (AvgIpc) is 3.07. The van der Waals surface area contributed by atoms with Crippen LogP contribution in [0.2, 0.25) is 5.02 Å². The van der Waals surface area contributed by atoms with Gasteiger partial charge in [-0.1, -0.05) is 41.6 Å². The molecule has 2 aliphatic rings. The molecule has 28 heavy (non-hydrogen) atoms. The van der Waals surface area contributed by atoms with E-state index in [1.165, 1.54) is 11.8 Å². The number of fused-ring (bicyclic) bond motifs is 1. The Kier molecular flexibility index (Phi) is 5.74. The summed E-state index contributed by atoms with van der Waals surface area (Å²) in [4.78, 5) is 18.8. The predicted octanol–water partition coefficient (Wildman–Crippen LogP) is 3.79. The van der Waals surface area contributed by atoms with Crippen molar-refractivity contribution in [3.63, 3.8) is 0 Å². The second kappa shape index (κ2) is 7.97. The van der Waals surface area contributed by atoms with Crippen molar-refractivity contribution in [2.24, 2.45) is 4.99 Å². The highest BCUT2D eigenvalue weighted by Gasteiger charge is 2.49. The highest BCUT2D eigenvalue weighted by Crippen LogP contribution is 2.41. The van der Waals surface area contributed by atoms with Gasteiger partial charge in [-0.2, -0.15) is 4.99 Å². The standard InChI is InChI=1S/C19H16ClIN2O3S2/c20-13-6-4-12(5-7-13)8-18(24)22-19-23(15-3-1-2-14(21)9-15)16-10-28(25,26)11-17(16)27-19/h1-7,9,16-17H,8,10-11H2. The molecule has 2 aromatic rings. The minimum absolute atomic E-state index is 0.0839. The fourth-order valence-electron chi connectivity index (χ4n) is 3.42. The number of carbonyl (C=O) groups is 1. The summed E-state index contributed by atoms with van der Waals surface area (Å²) < 4.78 is 25.3. The van der Waals surface area contributed by atoms with E-state index in [0.29, 0.717) is 10.2 Å². The molecule has 2 aromatic carbocycles. The number of amides is 1. The molecule has 2 heterocycles. The van der Waals surface area contributed by atoms with E-state index >= 15 is 0 Å². The predicted molar refractivity (Wildman–Crippen MR) is 123 cm³/mol. The van der Waals surface area contributed by atoms with E-state index in [1.54, 1.807) is 24.3 Å². The second-order valence-corrected chi connectivity index (χ2v) is 11.8. The Hall–Kier alpha value is -1.10. The lowest BCUT2D eigenvalue weighted by Crippen LogP contribution is -2.37. The largest absolute Gasteiger partial charge is 0.316 e. The van der Waals surface area contributed by atoms with Crippen LogP contribution in [0.25, 0.3) is 0 Å². The maximum absolute atomic E-state index is 12.6. The number of rotatable bonds is 3. The Morgan fingerprint density at radius 3 is 2.68 bits per heavy atom. The van der Waals surface area contributed by atoms with Crippen molar-refractivity contribution < 1.29 is 13.2 Å².